The Morgan fingerprint density at radius 1 is 1.29 bits per heavy atom. The van der Waals surface area contributed by atoms with Gasteiger partial charge in [-0.05, 0) is 31.0 Å². The molecule has 1 heterocycles. The lowest BCUT2D eigenvalue weighted by Gasteiger charge is -2.24. The molecule has 0 bridgehead atoms. The molecule has 110 valence electrons. The van der Waals surface area contributed by atoms with E-state index in [2.05, 4.69) is 5.32 Å². The van der Waals surface area contributed by atoms with Gasteiger partial charge in [0.2, 0.25) is 0 Å². The highest BCUT2D eigenvalue weighted by atomic mass is 32.1. The summed E-state index contributed by atoms with van der Waals surface area (Å²) in [6, 6.07) is 6.15. The molecule has 0 spiro atoms. The van der Waals surface area contributed by atoms with Gasteiger partial charge >= 0.3 is 5.97 Å². The summed E-state index contributed by atoms with van der Waals surface area (Å²) in [5.41, 5.74) is -1.17. The quantitative estimate of drug-likeness (QED) is 0.915. The Balaban J connectivity index is 1.90. The number of thiophene rings is 1. The molecule has 0 saturated heterocycles. The Hall–Kier alpha value is -1.95. The lowest BCUT2D eigenvalue weighted by atomic mass is 9.98. The highest BCUT2D eigenvalue weighted by Gasteiger charge is 2.42. The van der Waals surface area contributed by atoms with E-state index in [0.29, 0.717) is 27.8 Å². The summed E-state index contributed by atoms with van der Waals surface area (Å²) in [5, 5.41) is 12.4. The molecule has 0 atom stereocenters. The molecule has 2 N–H and O–H groups in total. The molecular weight excluding hydrogens is 293 g/mol. The first-order valence-electron chi connectivity index (χ1n) is 6.76. The van der Waals surface area contributed by atoms with Crippen LogP contribution in [-0.2, 0) is 4.79 Å². The molecule has 1 aliphatic carbocycles. The number of aliphatic carboxylic acids is 1. The van der Waals surface area contributed by atoms with Crippen molar-refractivity contribution in [3.8, 4) is 0 Å². The van der Waals surface area contributed by atoms with E-state index in [1.165, 1.54) is 23.5 Å². The lowest BCUT2D eigenvalue weighted by Crippen LogP contribution is -2.52. The maximum atomic E-state index is 13.7. The van der Waals surface area contributed by atoms with Crippen molar-refractivity contribution in [3.63, 3.8) is 0 Å². The number of fused-ring (bicyclic) bond motifs is 1. The average molecular weight is 307 g/mol. The van der Waals surface area contributed by atoms with Gasteiger partial charge in [-0.1, -0.05) is 18.9 Å². The van der Waals surface area contributed by atoms with Crippen LogP contribution in [0.5, 0.6) is 0 Å². The summed E-state index contributed by atoms with van der Waals surface area (Å²) in [6.07, 6.45) is 2.45. The van der Waals surface area contributed by atoms with Crippen LogP contribution in [0.1, 0.15) is 35.4 Å². The number of nitrogens with one attached hydrogen (secondary N) is 1. The molecule has 1 aromatic heterocycles. The predicted molar refractivity (Wildman–Crippen MR) is 78.1 cm³/mol. The van der Waals surface area contributed by atoms with Gasteiger partial charge in [-0.15, -0.1) is 11.3 Å². The van der Waals surface area contributed by atoms with Crippen LogP contribution in [0.25, 0.3) is 10.1 Å². The molecule has 3 rings (SSSR count). The monoisotopic (exact) mass is 307 g/mol. The van der Waals surface area contributed by atoms with Crippen LogP contribution in [0.2, 0.25) is 0 Å². The summed E-state index contributed by atoms with van der Waals surface area (Å²) in [4.78, 5) is 24.1. The van der Waals surface area contributed by atoms with E-state index >= 15 is 0 Å². The van der Waals surface area contributed by atoms with Crippen molar-refractivity contribution in [2.75, 3.05) is 0 Å². The second-order valence-electron chi connectivity index (χ2n) is 5.31. The zero-order valence-corrected chi connectivity index (χ0v) is 12.0. The molecule has 1 fully saturated rings. The number of carboxylic acid groups (broad SMARTS) is 1. The Morgan fingerprint density at radius 3 is 2.62 bits per heavy atom. The molecule has 2 aromatic rings. The normalized spacial score (nSPS) is 17.0. The Kier molecular flexibility index (Phi) is 3.41. The summed E-state index contributed by atoms with van der Waals surface area (Å²) >= 11 is 1.17. The van der Waals surface area contributed by atoms with Crippen molar-refractivity contribution in [3.05, 3.63) is 35.0 Å². The first-order valence-corrected chi connectivity index (χ1v) is 7.57. The predicted octanol–water partition coefficient (Wildman–Crippen LogP) is 3.17. The van der Waals surface area contributed by atoms with Crippen LogP contribution in [0.4, 0.5) is 4.39 Å². The maximum Gasteiger partial charge on any atom is 0.329 e. The van der Waals surface area contributed by atoms with Crippen LogP contribution in [-0.4, -0.2) is 22.5 Å². The zero-order chi connectivity index (χ0) is 15.0. The second kappa shape index (κ2) is 5.11. The van der Waals surface area contributed by atoms with Crippen molar-refractivity contribution < 1.29 is 19.1 Å². The number of halogens is 1. The lowest BCUT2D eigenvalue weighted by molar-refractivity contribution is -0.144. The Labute approximate surface area is 124 Å². The SMILES string of the molecule is O=C(NC1(C(=O)O)CCCC1)c1cc2c(F)cccc2s1. The molecule has 0 aliphatic heterocycles. The van der Waals surface area contributed by atoms with Gasteiger partial charge in [0, 0.05) is 10.1 Å². The van der Waals surface area contributed by atoms with Gasteiger partial charge in [-0.2, -0.15) is 0 Å². The van der Waals surface area contributed by atoms with Gasteiger partial charge in [0.1, 0.15) is 11.4 Å². The number of hydrogen-bond acceptors (Lipinski definition) is 3. The van der Waals surface area contributed by atoms with Gasteiger partial charge in [0.25, 0.3) is 5.91 Å². The molecule has 4 nitrogen and oxygen atoms in total. The molecule has 1 amide bonds. The zero-order valence-electron chi connectivity index (χ0n) is 11.2. The minimum atomic E-state index is -1.17. The van der Waals surface area contributed by atoms with Crippen LogP contribution < -0.4 is 5.32 Å². The summed E-state index contributed by atoms with van der Waals surface area (Å²) < 4.78 is 14.3. The number of carbonyl (C=O) groups is 2. The minimum absolute atomic E-state index is 0.336. The van der Waals surface area contributed by atoms with Gasteiger partial charge in [0.15, 0.2) is 0 Å². The highest BCUT2D eigenvalue weighted by molar-refractivity contribution is 7.20. The Bertz CT molecular complexity index is 719. The van der Waals surface area contributed by atoms with E-state index in [1.54, 1.807) is 12.1 Å². The first-order chi connectivity index (χ1) is 10.0. The number of benzene rings is 1. The van der Waals surface area contributed by atoms with E-state index < -0.39 is 17.4 Å². The third-order valence-corrected chi connectivity index (χ3v) is 5.05. The van der Waals surface area contributed by atoms with Crippen molar-refractivity contribution in [1.82, 2.24) is 5.32 Å². The van der Waals surface area contributed by atoms with Crippen LogP contribution in [0.15, 0.2) is 24.3 Å². The Morgan fingerprint density at radius 2 is 2.00 bits per heavy atom. The van der Waals surface area contributed by atoms with Gasteiger partial charge < -0.3 is 10.4 Å². The second-order valence-corrected chi connectivity index (χ2v) is 6.39. The summed E-state index contributed by atoms with van der Waals surface area (Å²) in [5.74, 6) is -1.82. The fraction of sp³-hybridized carbons (Fsp3) is 0.333. The van der Waals surface area contributed by atoms with E-state index in [1.807, 2.05) is 0 Å². The molecule has 1 aliphatic rings. The number of amides is 1. The van der Waals surface area contributed by atoms with Crippen molar-refractivity contribution in [1.29, 1.82) is 0 Å². The highest BCUT2D eigenvalue weighted by Crippen LogP contribution is 2.32. The molecule has 1 saturated carbocycles. The standard InChI is InChI=1S/C15H14FNO3S/c16-10-4-3-5-11-9(10)8-12(21-11)13(18)17-15(14(19)20)6-1-2-7-15/h3-5,8H,1-2,6-7H2,(H,17,18)(H,19,20). The van der Waals surface area contributed by atoms with Gasteiger partial charge in [-0.3, -0.25) is 4.79 Å². The fourth-order valence-electron chi connectivity index (χ4n) is 2.79. The summed E-state index contributed by atoms with van der Waals surface area (Å²) in [7, 11) is 0. The number of hydrogen-bond donors (Lipinski definition) is 2. The van der Waals surface area contributed by atoms with Crippen LogP contribution in [0.3, 0.4) is 0 Å². The summed E-state index contributed by atoms with van der Waals surface area (Å²) in [6.45, 7) is 0. The molecule has 21 heavy (non-hydrogen) atoms. The maximum absolute atomic E-state index is 13.7. The van der Waals surface area contributed by atoms with Crippen molar-refractivity contribution in [2.45, 2.75) is 31.2 Å². The van der Waals surface area contributed by atoms with E-state index in [9.17, 15) is 19.1 Å². The molecule has 1 aromatic carbocycles. The van der Waals surface area contributed by atoms with Crippen molar-refractivity contribution in [2.24, 2.45) is 0 Å². The molecule has 0 unspecified atom stereocenters. The first kappa shape index (κ1) is 14.0. The number of carboxylic acids is 1. The van der Waals surface area contributed by atoms with Gasteiger partial charge in [-0.25, -0.2) is 9.18 Å². The average Bonchev–Trinajstić information content (AvgIpc) is 3.06. The largest absolute Gasteiger partial charge is 0.480 e. The third-order valence-electron chi connectivity index (χ3n) is 3.95. The smallest absolute Gasteiger partial charge is 0.329 e. The van der Waals surface area contributed by atoms with E-state index in [4.69, 9.17) is 0 Å². The fourth-order valence-corrected chi connectivity index (χ4v) is 3.76. The number of carbonyl (C=O) groups excluding carboxylic acids is 1. The van der Waals surface area contributed by atoms with E-state index in [-0.39, 0.29) is 5.82 Å². The molecular formula is C15H14FNO3S. The van der Waals surface area contributed by atoms with Crippen molar-refractivity contribution >= 4 is 33.3 Å². The van der Waals surface area contributed by atoms with Gasteiger partial charge in [0.05, 0.1) is 4.88 Å². The third kappa shape index (κ3) is 2.40. The topological polar surface area (TPSA) is 66.4 Å². The van der Waals surface area contributed by atoms with Crippen LogP contribution >= 0.6 is 11.3 Å². The van der Waals surface area contributed by atoms with Crippen LogP contribution in [0, 0.1) is 5.82 Å². The molecule has 6 heteroatoms. The number of rotatable bonds is 3. The van der Waals surface area contributed by atoms with E-state index in [0.717, 1.165) is 12.8 Å². The molecule has 0 radical (unpaired) electrons. The minimum Gasteiger partial charge on any atom is -0.480 e.